The second-order valence-corrected chi connectivity index (χ2v) is 5.97. The van der Waals surface area contributed by atoms with Crippen LogP contribution in [-0.4, -0.2) is 43.5 Å². The third-order valence-electron chi connectivity index (χ3n) is 3.83. The number of nitrogens with zero attached hydrogens (tertiary/aromatic N) is 1. The zero-order valence-electron chi connectivity index (χ0n) is 12.1. The first kappa shape index (κ1) is 15.4. The van der Waals surface area contributed by atoms with E-state index >= 15 is 0 Å². The molecule has 3 atom stereocenters. The molecule has 0 bridgehead atoms. The Morgan fingerprint density at radius 2 is 2.06 bits per heavy atom. The molecule has 18 heavy (non-hydrogen) atoms. The molecule has 1 aliphatic carbocycles. The number of rotatable bonds is 6. The maximum absolute atomic E-state index is 11.9. The van der Waals surface area contributed by atoms with Crippen molar-refractivity contribution in [3.63, 3.8) is 0 Å². The van der Waals surface area contributed by atoms with Gasteiger partial charge in [-0.25, -0.2) is 0 Å². The highest BCUT2D eigenvalue weighted by molar-refractivity contribution is 5.76. The molecule has 0 aromatic carbocycles. The van der Waals surface area contributed by atoms with Gasteiger partial charge in [0, 0.05) is 18.5 Å². The normalized spacial score (nSPS) is 26.1. The molecule has 3 N–H and O–H groups in total. The van der Waals surface area contributed by atoms with E-state index in [0.717, 1.165) is 25.8 Å². The van der Waals surface area contributed by atoms with E-state index in [9.17, 15) is 4.79 Å². The summed E-state index contributed by atoms with van der Waals surface area (Å²) in [5.74, 6) is 0.559. The fourth-order valence-electron chi connectivity index (χ4n) is 2.59. The topological polar surface area (TPSA) is 58.4 Å². The molecule has 0 aromatic heterocycles. The van der Waals surface area contributed by atoms with E-state index in [-0.39, 0.29) is 18.0 Å². The predicted octanol–water partition coefficient (Wildman–Crippen LogP) is 1.35. The second-order valence-electron chi connectivity index (χ2n) is 5.97. The van der Waals surface area contributed by atoms with E-state index in [1.807, 2.05) is 0 Å². The van der Waals surface area contributed by atoms with Gasteiger partial charge < -0.3 is 16.0 Å². The van der Waals surface area contributed by atoms with Crippen LogP contribution in [0.1, 0.15) is 45.4 Å². The van der Waals surface area contributed by atoms with Crippen molar-refractivity contribution in [2.75, 3.05) is 20.6 Å². The first-order chi connectivity index (χ1) is 8.49. The summed E-state index contributed by atoms with van der Waals surface area (Å²) in [6.07, 6.45) is 6.23. The molecule has 1 saturated carbocycles. The highest BCUT2D eigenvalue weighted by Crippen LogP contribution is 2.25. The van der Waals surface area contributed by atoms with Gasteiger partial charge in [0.05, 0.1) is 0 Å². The van der Waals surface area contributed by atoms with Crippen molar-refractivity contribution in [2.24, 2.45) is 11.7 Å². The van der Waals surface area contributed by atoms with Crippen molar-refractivity contribution >= 4 is 5.91 Å². The molecule has 1 amide bonds. The van der Waals surface area contributed by atoms with Crippen LogP contribution in [0.2, 0.25) is 0 Å². The van der Waals surface area contributed by atoms with Crippen molar-refractivity contribution in [2.45, 2.75) is 57.5 Å². The lowest BCUT2D eigenvalue weighted by atomic mass is 9.83. The van der Waals surface area contributed by atoms with Crippen LogP contribution in [-0.2, 0) is 4.79 Å². The summed E-state index contributed by atoms with van der Waals surface area (Å²) < 4.78 is 0. The van der Waals surface area contributed by atoms with Crippen LogP contribution in [0.25, 0.3) is 0 Å². The molecular weight excluding hydrogens is 226 g/mol. The number of nitrogens with one attached hydrogen (secondary N) is 1. The summed E-state index contributed by atoms with van der Waals surface area (Å²) in [5, 5.41) is 3.08. The van der Waals surface area contributed by atoms with Crippen molar-refractivity contribution < 1.29 is 4.79 Å². The summed E-state index contributed by atoms with van der Waals surface area (Å²) in [6, 6.07) is 0.473. The van der Waals surface area contributed by atoms with Gasteiger partial charge in [0.25, 0.3) is 0 Å². The average molecular weight is 255 g/mol. The van der Waals surface area contributed by atoms with Crippen molar-refractivity contribution in [1.82, 2.24) is 10.2 Å². The average Bonchev–Trinajstić information content (AvgIpc) is 2.29. The molecule has 0 spiro atoms. The molecule has 0 aliphatic heterocycles. The Bertz CT molecular complexity index is 255. The maximum atomic E-state index is 11.9. The molecule has 1 fully saturated rings. The van der Waals surface area contributed by atoms with Crippen LogP contribution in [0.15, 0.2) is 0 Å². The van der Waals surface area contributed by atoms with Gasteiger partial charge in [0.1, 0.15) is 0 Å². The molecule has 1 rings (SSSR count). The number of hydrogen-bond donors (Lipinski definition) is 2. The Hall–Kier alpha value is -0.610. The molecule has 0 saturated heterocycles. The minimum atomic E-state index is 0.170. The summed E-state index contributed by atoms with van der Waals surface area (Å²) >= 11 is 0. The molecule has 1 aliphatic rings. The standard InChI is InChI=1S/C14H29N3O/c1-11(8-9-17(2)3)16-14(18)10-12-6-4-5-7-13(12)15/h11-13H,4-10,15H2,1-3H3,(H,16,18). The SMILES string of the molecule is CC(CCN(C)C)NC(=O)CC1CCCCC1N. The van der Waals surface area contributed by atoms with Crippen molar-refractivity contribution in [1.29, 1.82) is 0 Å². The molecule has 4 nitrogen and oxygen atoms in total. The van der Waals surface area contributed by atoms with Crippen LogP contribution < -0.4 is 11.1 Å². The number of hydrogen-bond acceptors (Lipinski definition) is 3. The second kappa shape index (κ2) is 7.74. The van der Waals surface area contributed by atoms with Crippen LogP contribution in [0.4, 0.5) is 0 Å². The zero-order chi connectivity index (χ0) is 13.5. The van der Waals surface area contributed by atoms with Gasteiger partial charge in [-0.1, -0.05) is 12.8 Å². The van der Waals surface area contributed by atoms with Crippen molar-refractivity contribution in [3.8, 4) is 0 Å². The summed E-state index contributed by atoms with van der Waals surface area (Å²) in [7, 11) is 4.10. The number of carbonyl (C=O) groups is 1. The minimum Gasteiger partial charge on any atom is -0.354 e. The quantitative estimate of drug-likeness (QED) is 0.753. The molecule has 106 valence electrons. The van der Waals surface area contributed by atoms with Gasteiger partial charge in [-0.3, -0.25) is 4.79 Å². The van der Waals surface area contributed by atoms with Crippen LogP contribution in [0.5, 0.6) is 0 Å². The third-order valence-corrected chi connectivity index (χ3v) is 3.83. The molecule has 4 heteroatoms. The van der Waals surface area contributed by atoms with Gasteiger partial charge in [-0.15, -0.1) is 0 Å². The fourth-order valence-corrected chi connectivity index (χ4v) is 2.59. The first-order valence-corrected chi connectivity index (χ1v) is 7.18. The first-order valence-electron chi connectivity index (χ1n) is 7.18. The van der Waals surface area contributed by atoms with Crippen LogP contribution in [0, 0.1) is 5.92 Å². The van der Waals surface area contributed by atoms with Gasteiger partial charge in [-0.2, -0.15) is 0 Å². The van der Waals surface area contributed by atoms with E-state index in [1.165, 1.54) is 12.8 Å². The molecule has 0 aromatic rings. The highest BCUT2D eigenvalue weighted by Gasteiger charge is 2.24. The number of nitrogens with two attached hydrogens (primary N) is 1. The smallest absolute Gasteiger partial charge is 0.220 e. The van der Waals surface area contributed by atoms with Gasteiger partial charge in [-0.05, 0) is 52.7 Å². The number of carbonyl (C=O) groups excluding carboxylic acids is 1. The molecular formula is C14H29N3O. The van der Waals surface area contributed by atoms with Gasteiger partial charge in [0.15, 0.2) is 0 Å². The largest absolute Gasteiger partial charge is 0.354 e. The molecule has 0 radical (unpaired) electrons. The van der Waals surface area contributed by atoms with Crippen LogP contribution in [0.3, 0.4) is 0 Å². The lowest BCUT2D eigenvalue weighted by Crippen LogP contribution is -2.40. The van der Waals surface area contributed by atoms with Crippen LogP contribution >= 0.6 is 0 Å². The van der Waals surface area contributed by atoms with Gasteiger partial charge in [0.2, 0.25) is 5.91 Å². The lowest BCUT2D eigenvalue weighted by Gasteiger charge is -2.28. The Kier molecular flexibility index (Phi) is 6.65. The Morgan fingerprint density at radius 3 is 2.67 bits per heavy atom. The van der Waals surface area contributed by atoms with Crippen molar-refractivity contribution in [3.05, 3.63) is 0 Å². The molecule has 0 heterocycles. The summed E-state index contributed by atoms with van der Waals surface area (Å²) in [4.78, 5) is 14.1. The summed E-state index contributed by atoms with van der Waals surface area (Å²) in [5.41, 5.74) is 6.07. The maximum Gasteiger partial charge on any atom is 0.220 e. The zero-order valence-corrected chi connectivity index (χ0v) is 12.1. The monoisotopic (exact) mass is 255 g/mol. The van der Waals surface area contributed by atoms with E-state index in [1.54, 1.807) is 0 Å². The van der Waals surface area contributed by atoms with E-state index in [4.69, 9.17) is 5.73 Å². The molecule has 3 unspecified atom stereocenters. The predicted molar refractivity (Wildman–Crippen MR) is 75.3 cm³/mol. The Morgan fingerprint density at radius 1 is 1.39 bits per heavy atom. The van der Waals surface area contributed by atoms with E-state index < -0.39 is 0 Å². The Balaban J connectivity index is 2.23. The summed E-state index contributed by atoms with van der Waals surface area (Å²) in [6.45, 7) is 3.08. The fraction of sp³-hybridized carbons (Fsp3) is 0.929. The third kappa shape index (κ3) is 5.83. The lowest BCUT2D eigenvalue weighted by molar-refractivity contribution is -0.123. The highest BCUT2D eigenvalue weighted by atomic mass is 16.1. The Labute approximate surface area is 111 Å². The van der Waals surface area contributed by atoms with Gasteiger partial charge >= 0.3 is 0 Å². The van der Waals surface area contributed by atoms with E-state index in [2.05, 4.69) is 31.2 Å². The minimum absolute atomic E-state index is 0.170. The number of amides is 1. The van der Waals surface area contributed by atoms with E-state index in [0.29, 0.717) is 12.3 Å².